The summed E-state index contributed by atoms with van der Waals surface area (Å²) in [7, 11) is 0. The predicted molar refractivity (Wildman–Crippen MR) is 86.1 cm³/mol. The smallest absolute Gasteiger partial charge is 0.253 e. The zero-order valence-electron chi connectivity index (χ0n) is 12.4. The zero-order valence-corrected chi connectivity index (χ0v) is 12.4. The molecule has 0 atom stereocenters. The number of piperidine rings is 1. The van der Waals surface area contributed by atoms with E-state index in [9.17, 15) is 4.79 Å². The second-order valence-electron chi connectivity index (χ2n) is 5.64. The van der Waals surface area contributed by atoms with Gasteiger partial charge >= 0.3 is 0 Å². The van der Waals surface area contributed by atoms with Gasteiger partial charge in [0.05, 0.1) is 6.07 Å². The molecule has 22 heavy (non-hydrogen) atoms. The minimum Gasteiger partial charge on any atom is -0.339 e. The van der Waals surface area contributed by atoms with E-state index in [-0.39, 0.29) is 11.8 Å². The summed E-state index contributed by atoms with van der Waals surface area (Å²) in [6.45, 7) is 1.35. The summed E-state index contributed by atoms with van der Waals surface area (Å²) in [4.78, 5) is 14.5. The number of nitrogens with zero attached hydrogens (tertiary/aromatic N) is 2. The van der Waals surface area contributed by atoms with Gasteiger partial charge < -0.3 is 4.90 Å². The first-order valence-corrected chi connectivity index (χ1v) is 7.62. The van der Waals surface area contributed by atoms with E-state index in [2.05, 4.69) is 6.07 Å². The molecule has 0 aromatic heterocycles. The van der Waals surface area contributed by atoms with E-state index in [1.54, 1.807) is 0 Å². The van der Waals surface area contributed by atoms with Crippen molar-refractivity contribution in [2.45, 2.75) is 12.8 Å². The summed E-state index contributed by atoms with van der Waals surface area (Å²) in [6.07, 6.45) is 1.56. The van der Waals surface area contributed by atoms with Crippen LogP contribution < -0.4 is 0 Å². The average Bonchev–Trinajstić information content (AvgIpc) is 2.62. The maximum atomic E-state index is 12.6. The molecule has 1 aliphatic heterocycles. The van der Waals surface area contributed by atoms with E-state index in [0.717, 1.165) is 29.5 Å². The van der Waals surface area contributed by atoms with Crippen LogP contribution in [0.3, 0.4) is 0 Å². The average molecular weight is 290 g/mol. The van der Waals surface area contributed by atoms with E-state index >= 15 is 0 Å². The molecule has 0 aliphatic carbocycles. The molecule has 3 heteroatoms. The van der Waals surface area contributed by atoms with Crippen LogP contribution in [0.2, 0.25) is 0 Å². The maximum Gasteiger partial charge on any atom is 0.253 e. The Bertz CT molecular complexity index is 695. The normalized spacial score (nSPS) is 15.3. The van der Waals surface area contributed by atoms with Crippen LogP contribution in [0, 0.1) is 17.2 Å². The minimum absolute atomic E-state index is 0.0640. The first-order chi connectivity index (χ1) is 10.8. The molecule has 0 spiro atoms. The van der Waals surface area contributed by atoms with E-state index in [1.165, 1.54) is 0 Å². The Hall–Kier alpha value is -2.60. The van der Waals surface area contributed by atoms with Crippen molar-refractivity contribution >= 4 is 5.91 Å². The Labute approximate surface area is 130 Å². The molecule has 1 fully saturated rings. The Kier molecular flexibility index (Phi) is 4.20. The number of benzene rings is 2. The van der Waals surface area contributed by atoms with Gasteiger partial charge in [-0.3, -0.25) is 4.79 Å². The van der Waals surface area contributed by atoms with Gasteiger partial charge in [-0.05, 0) is 36.1 Å². The second-order valence-corrected chi connectivity index (χ2v) is 5.64. The molecule has 0 unspecified atom stereocenters. The summed E-state index contributed by atoms with van der Waals surface area (Å²) in [5, 5.41) is 8.94. The van der Waals surface area contributed by atoms with Crippen LogP contribution in [0.1, 0.15) is 23.2 Å². The van der Waals surface area contributed by atoms with Crippen molar-refractivity contribution in [2.75, 3.05) is 13.1 Å². The third kappa shape index (κ3) is 3.01. The monoisotopic (exact) mass is 290 g/mol. The summed E-state index contributed by atoms with van der Waals surface area (Å²) < 4.78 is 0. The van der Waals surface area contributed by atoms with Gasteiger partial charge in [0.1, 0.15) is 0 Å². The van der Waals surface area contributed by atoms with Gasteiger partial charge in [0.15, 0.2) is 0 Å². The first kappa shape index (κ1) is 14.3. The largest absolute Gasteiger partial charge is 0.339 e. The molecule has 2 aromatic carbocycles. The van der Waals surface area contributed by atoms with E-state index < -0.39 is 0 Å². The van der Waals surface area contributed by atoms with Crippen molar-refractivity contribution in [3.8, 4) is 17.2 Å². The van der Waals surface area contributed by atoms with Crippen molar-refractivity contribution in [3.05, 3.63) is 60.2 Å². The Morgan fingerprint density at radius 1 is 1.00 bits per heavy atom. The van der Waals surface area contributed by atoms with E-state index in [4.69, 9.17) is 5.26 Å². The number of hydrogen-bond donors (Lipinski definition) is 0. The summed E-state index contributed by atoms with van der Waals surface area (Å²) >= 11 is 0. The molecule has 1 aliphatic rings. The highest BCUT2D eigenvalue weighted by atomic mass is 16.2. The standard InChI is InChI=1S/C19H18N2O/c20-14-15-9-11-21(12-10-15)19(22)18-8-4-7-17(13-18)16-5-2-1-3-6-16/h1-8,13,15H,9-12H2. The van der Waals surface area contributed by atoms with Gasteiger partial charge in [-0.2, -0.15) is 5.26 Å². The molecule has 0 bridgehead atoms. The Morgan fingerprint density at radius 3 is 2.36 bits per heavy atom. The van der Waals surface area contributed by atoms with Crippen LogP contribution in [-0.4, -0.2) is 23.9 Å². The molecular formula is C19H18N2O. The Balaban J connectivity index is 1.78. The fourth-order valence-electron chi connectivity index (χ4n) is 2.86. The van der Waals surface area contributed by atoms with Crippen LogP contribution in [0.25, 0.3) is 11.1 Å². The molecule has 0 N–H and O–H groups in total. The summed E-state index contributed by atoms with van der Waals surface area (Å²) in [5.41, 5.74) is 2.88. The van der Waals surface area contributed by atoms with Crippen LogP contribution in [0.5, 0.6) is 0 Å². The highest BCUT2D eigenvalue weighted by Gasteiger charge is 2.23. The van der Waals surface area contributed by atoms with Crippen LogP contribution in [-0.2, 0) is 0 Å². The van der Waals surface area contributed by atoms with Gasteiger partial charge in [0.25, 0.3) is 5.91 Å². The third-order valence-corrected chi connectivity index (χ3v) is 4.18. The molecule has 0 saturated carbocycles. The number of hydrogen-bond acceptors (Lipinski definition) is 2. The van der Waals surface area contributed by atoms with Crippen molar-refractivity contribution in [1.82, 2.24) is 4.90 Å². The van der Waals surface area contributed by atoms with Crippen molar-refractivity contribution in [2.24, 2.45) is 5.92 Å². The topological polar surface area (TPSA) is 44.1 Å². The molecule has 1 saturated heterocycles. The van der Waals surface area contributed by atoms with Crippen LogP contribution >= 0.6 is 0 Å². The second kappa shape index (κ2) is 6.44. The Morgan fingerprint density at radius 2 is 1.68 bits per heavy atom. The minimum atomic E-state index is 0.0640. The number of nitriles is 1. The number of likely N-dealkylation sites (tertiary alicyclic amines) is 1. The molecular weight excluding hydrogens is 272 g/mol. The van der Waals surface area contributed by atoms with E-state index in [1.807, 2.05) is 59.5 Å². The fraction of sp³-hybridized carbons (Fsp3) is 0.263. The van der Waals surface area contributed by atoms with Crippen molar-refractivity contribution in [3.63, 3.8) is 0 Å². The summed E-state index contributed by atoms with van der Waals surface area (Å²) in [6, 6.07) is 20.1. The highest BCUT2D eigenvalue weighted by molar-refractivity contribution is 5.95. The van der Waals surface area contributed by atoms with Gasteiger partial charge in [0, 0.05) is 24.6 Å². The van der Waals surface area contributed by atoms with Crippen molar-refractivity contribution < 1.29 is 4.79 Å². The summed E-state index contributed by atoms with van der Waals surface area (Å²) in [5.74, 6) is 0.161. The lowest BCUT2D eigenvalue weighted by Crippen LogP contribution is -2.38. The SMILES string of the molecule is N#CC1CCN(C(=O)c2cccc(-c3ccccc3)c2)CC1. The lowest BCUT2D eigenvalue weighted by atomic mass is 9.97. The lowest BCUT2D eigenvalue weighted by Gasteiger charge is -2.29. The fourth-order valence-corrected chi connectivity index (χ4v) is 2.86. The molecule has 3 rings (SSSR count). The molecule has 110 valence electrons. The molecule has 0 radical (unpaired) electrons. The maximum absolute atomic E-state index is 12.6. The number of carbonyl (C=O) groups is 1. The van der Waals surface area contributed by atoms with Gasteiger partial charge in [-0.25, -0.2) is 0 Å². The highest BCUT2D eigenvalue weighted by Crippen LogP contribution is 2.22. The van der Waals surface area contributed by atoms with Gasteiger partial charge in [-0.1, -0.05) is 42.5 Å². The van der Waals surface area contributed by atoms with Crippen molar-refractivity contribution in [1.29, 1.82) is 5.26 Å². The molecule has 1 amide bonds. The lowest BCUT2D eigenvalue weighted by molar-refractivity contribution is 0.0707. The van der Waals surface area contributed by atoms with Crippen LogP contribution in [0.15, 0.2) is 54.6 Å². The quantitative estimate of drug-likeness (QED) is 0.846. The van der Waals surface area contributed by atoms with Crippen LogP contribution in [0.4, 0.5) is 0 Å². The molecule has 1 heterocycles. The third-order valence-electron chi connectivity index (χ3n) is 4.18. The van der Waals surface area contributed by atoms with Gasteiger partial charge in [0.2, 0.25) is 0 Å². The first-order valence-electron chi connectivity index (χ1n) is 7.62. The predicted octanol–water partition coefficient (Wildman–Crippen LogP) is 3.73. The number of amides is 1. The van der Waals surface area contributed by atoms with Gasteiger partial charge in [-0.15, -0.1) is 0 Å². The van der Waals surface area contributed by atoms with E-state index in [0.29, 0.717) is 13.1 Å². The zero-order chi connectivity index (χ0) is 15.4. The number of rotatable bonds is 2. The molecule has 2 aromatic rings. The molecule has 3 nitrogen and oxygen atoms in total. The number of carbonyl (C=O) groups excluding carboxylic acids is 1.